The zero-order valence-electron chi connectivity index (χ0n) is 20.3. The lowest BCUT2D eigenvalue weighted by atomic mass is 9.96. The van der Waals surface area contributed by atoms with Crippen LogP contribution in [0.15, 0.2) is 0 Å². The number of carbonyl (C=O) groups is 2. The van der Waals surface area contributed by atoms with Gasteiger partial charge in [-0.15, -0.1) is 0 Å². The van der Waals surface area contributed by atoms with Crippen LogP contribution < -0.4 is 5.32 Å². The lowest BCUT2D eigenvalue weighted by molar-refractivity contribution is -0.279. The average molecular weight is 458 g/mol. The minimum Gasteiger partial charge on any atom is -0.390 e. The maximum atomic E-state index is 12.4. The van der Waals surface area contributed by atoms with Crippen molar-refractivity contribution in [2.24, 2.45) is 5.92 Å². The van der Waals surface area contributed by atoms with Crippen LogP contribution in [0.5, 0.6) is 0 Å². The number of nitrogens with zero attached hydrogens (tertiary/aromatic N) is 2. The van der Waals surface area contributed by atoms with Gasteiger partial charge in [-0.3, -0.25) is 9.59 Å². The number of likely N-dealkylation sites (N-methyl/N-ethyl adjacent to an activating group) is 2. The molecule has 2 aliphatic rings. The largest absolute Gasteiger partial charge is 0.390 e. The third-order valence-corrected chi connectivity index (χ3v) is 6.66. The highest BCUT2D eigenvalue weighted by atomic mass is 16.7. The molecule has 2 rings (SSSR count). The van der Waals surface area contributed by atoms with E-state index in [1.54, 1.807) is 18.9 Å². The van der Waals surface area contributed by atoms with Crippen molar-refractivity contribution < 1.29 is 29.3 Å². The first-order chi connectivity index (χ1) is 15.1. The lowest BCUT2D eigenvalue weighted by Gasteiger charge is -2.43. The molecule has 0 aliphatic carbocycles. The van der Waals surface area contributed by atoms with E-state index >= 15 is 0 Å². The van der Waals surface area contributed by atoms with E-state index in [0.29, 0.717) is 38.6 Å². The number of carbonyl (C=O) groups excluding carboxylic acids is 2. The molecule has 0 unspecified atom stereocenters. The molecule has 2 heterocycles. The molecular formula is C23H43N3O6. The molecule has 186 valence electrons. The summed E-state index contributed by atoms with van der Waals surface area (Å²) in [7, 11) is 3.69. The highest BCUT2D eigenvalue weighted by Crippen LogP contribution is 2.28. The van der Waals surface area contributed by atoms with E-state index in [-0.39, 0.29) is 36.4 Å². The number of rotatable bonds is 5. The first-order valence-electron chi connectivity index (χ1n) is 12.0. The van der Waals surface area contributed by atoms with Gasteiger partial charge in [0.05, 0.1) is 24.9 Å². The van der Waals surface area contributed by atoms with Crippen molar-refractivity contribution in [2.45, 2.75) is 96.0 Å². The summed E-state index contributed by atoms with van der Waals surface area (Å²) in [6, 6.07) is -0.0834. The molecule has 32 heavy (non-hydrogen) atoms. The van der Waals surface area contributed by atoms with Crippen molar-refractivity contribution in [1.29, 1.82) is 0 Å². The number of hydrogen-bond acceptors (Lipinski definition) is 7. The zero-order chi connectivity index (χ0) is 23.8. The molecule has 3 N–H and O–H groups in total. The van der Waals surface area contributed by atoms with Gasteiger partial charge in [-0.1, -0.05) is 13.8 Å². The second-order valence-electron chi connectivity index (χ2n) is 9.48. The van der Waals surface area contributed by atoms with E-state index in [1.165, 1.54) is 0 Å². The number of amides is 2. The van der Waals surface area contributed by atoms with Crippen LogP contribution in [0.2, 0.25) is 0 Å². The Hall–Kier alpha value is -1.26. The van der Waals surface area contributed by atoms with E-state index in [9.17, 15) is 19.8 Å². The third kappa shape index (κ3) is 7.66. The molecule has 2 fully saturated rings. The van der Waals surface area contributed by atoms with Gasteiger partial charge < -0.3 is 34.8 Å². The maximum Gasteiger partial charge on any atom is 0.241 e. The molecule has 0 aromatic carbocycles. The molecule has 0 spiro atoms. The van der Waals surface area contributed by atoms with Gasteiger partial charge in [0, 0.05) is 25.6 Å². The topological polar surface area (TPSA) is 112 Å². The molecule has 2 aliphatic heterocycles. The summed E-state index contributed by atoms with van der Waals surface area (Å²) in [5.74, 6) is -0.670. The molecular weight excluding hydrogens is 414 g/mol. The molecule has 0 aromatic rings. The summed E-state index contributed by atoms with van der Waals surface area (Å²) in [6.07, 6.45) is 0.601. The highest BCUT2D eigenvalue weighted by Gasteiger charge is 2.40. The molecule has 2 amide bonds. The third-order valence-electron chi connectivity index (χ3n) is 6.66. The van der Waals surface area contributed by atoms with Crippen LogP contribution in [-0.4, -0.2) is 102 Å². The van der Waals surface area contributed by atoms with Crippen molar-refractivity contribution >= 4 is 11.8 Å². The van der Waals surface area contributed by atoms with E-state index < -0.39 is 24.6 Å². The smallest absolute Gasteiger partial charge is 0.241 e. The molecule has 9 nitrogen and oxygen atoms in total. The number of hydrogen-bond donors (Lipinski definition) is 3. The second-order valence-corrected chi connectivity index (χ2v) is 9.48. The number of aliphatic hydroxyl groups is 2. The molecule has 0 saturated carbocycles. The van der Waals surface area contributed by atoms with E-state index in [4.69, 9.17) is 9.47 Å². The van der Waals surface area contributed by atoms with Crippen molar-refractivity contribution in [3.8, 4) is 0 Å². The van der Waals surface area contributed by atoms with Crippen LogP contribution in [0.1, 0.15) is 59.3 Å². The summed E-state index contributed by atoms with van der Waals surface area (Å²) in [4.78, 5) is 28.2. The van der Waals surface area contributed by atoms with Gasteiger partial charge in [-0.05, 0) is 59.0 Å². The Kier molecular flexibility index (Phi) is 10.8. The van der Waals surface area contributed by atoms with Gasteiger partial charge in [0.1, 0.15) is 6.10 Å². The number of nitrogens with one attached hydrogen (secondary N) is 1. The van der Waals surface area contributed by atoms with Gasteiger partial charge in [0.25, 0.3) is 0 Å². The first kappa shape index (κ1) is 27.0. The molecule has 0 radical (unpaired) electrons. The van der Waals surface area contributed by atoms with Gasteiger partial charge in [-0.2, -0.15) is 0 Å². The maximum absolute atomic E-state index is 12.4. The minimum atomic E-state index is -0.841. The van der Waals surface area contributed by atoms with Crippen LogP contribution in [0, 0.1) is 5.92 Å². The second kappa shape index (κ2) is 12.8. The quantitative estimate of drug-likeness (QED) is 0.558. The average Bonchev–Trinajstić information content (AvgIpc) is 2.75. The van der Waals surface area contributed by atoms with Crippen molar-refractivity contribution in [1.82, 2.24) is 15.1 Å². The van der Waals surface area contributed by atoms with Crippen LogP contribution in [-0.2, 0) is 19.1 Å². The SMILES string of the molecule is CCCN(C)[C@H]1C[C@@H](C)O[C@@H](O[C@@H]2CC[C@@H](C)C(=O)NCC(=O)N(C)CCC[C@H]2O)[C@@H]1O. The normalized spacial score (nSPS) is 36.2. The highest BCUT2D eigenvalue weighted by molar-refractivity contribution is 5.85. The standard InChI is InChI=1S/C23H43N3O6/c1-6-11-25(4)17-13-16(3)31-23(21(17)29)32-19-10-9-15(2)22(30)24-14-20(28)26(5)12-7-8-18(19)27/h15-19,21,23,27,29H,6-14H2,1-5H3,(H,24,30)/t15-,16-,17+,18-,19-,21-,23+/m1/s1. The summed E-state index contributed by atoms with van der Waals surface area (Å²) in [5, 5.41) is 24.6. The van der Waals surface area contributed by atoms with Crippen LogP contribution in [0.25, 0.3) is 0 Å². The van der Waals surface area contributed by atoms with E-state index in [2.05, 4.69) is 17.1 Å². The summed E-state index contributed by atoms with van der Waals surface area (Å²) < 4.78 is 12.1. The molecule has 0 aromatic heterocycles. The monoisotopic (exact) mass is 457 g/mol. The molecule has 9 heteroatoms. The first-order valence-corrected chi connectivity index (χ1v) is 12.0. The lowest BCUT2D eigenvalue weighted by Crippen LogP contribution is -2.56. The Balaban J connectivity index is 2.11. The van der Waals surface area contributed by atoms with Gasteiger partial charge in [0.2, 0.25) is 11.8 Å². The fourth-order valence-electron chi connectivity index (χ4n) is 4.49. The van der Waals surface area contributed by atoms with E-state index in [1.807, 2.05) is 14.0 Å². The van der Waals surface area contributed by atoms with Crippen molar-refractivity contribution in [3.63, 3.8) is 0 Å². The predicted molar refractivity (Wildman–Crippen MR) is 121 cm³/mol. The molecule has 0 bridgehead atoms. The Morgan fingerprint density at radius 1 is 1.22 bits per heavy atom. The minimum absolute atomic E-state index is 0.0190. The Morgan fingerprint density at radius 2 is 1.94 bits per heavy atom. The Labute approximate surface area is 192 Å². The van der Waals surface area contributed by atoms with Crippen LogP contribution in [0.4, 0.5) is 0 Å². The Morgan fingerprint density at radius 3 is 2.62 bits per heavy atom. The van der Waals surface area contributed by atoms with Gasteiger partial charge in [-0.25, -0.2) is 0 Å². The zero-order valence-corrected chi connectivity index (χ0v) is 20.3. The van der Waals surface area contributed by atoms with Gasteiger partial charge >= 0.3 is 0 Å². The fourth-order valence-corrected chi connectivity index (χ4v) is 4.49. The van der Waals surface area contributed by atoms with E-state index in [0.717, 1.165) is 13.0 Å². The summed E-state index contributed by atoms with van der Waals surface area (Å²) in [5.41, 5.74) is 0. The summed E-state index contributed by atoms with van der Waals surface area (Å²) >= 11 is 0. The molecule has 7 atom stereocenters. The van der Waals surface area contributed by atoms with Crippen LogP contribution in [0.3, 0.4) is 0 Å². The fraction of sp³-hybridized carbons (Fsp3) is 0.913. The summed E-state index contributed by atoms with van der Waals surface area (Å²) in [6.45, 7) is 7.20. The number of ether oxygens (including phenoxy) is 2. The molecule has 2 saturated heterocycles. The number of aliphatic hydroxyl groups excluding tert-OH is 2. The Bertz CT molecular complexity index is 606. The van der Waals surface area contributed by atoms with Crippen LogP contribution >= 0.6 is 0 Å². The predicted octanol–water partition coefficient (Wildman–Crippen LogP) is 0.723. The van der Waals surface area contributed by atoms with Crippen molar-refractivity contribution in [3.05, 3.63) is 0 Å². The van der Waals surface area contributed by atoms with Crippen molar-refractivity contribution in [2.75, 3.05) is 33.7 Å². The van der Waals surface area contributed by atoms with Gasteiger partial charge in [0.15, 0.2) is 6.29 Å².